The number of thiophene rings is 1. The summed E-state index contributed by atoms with van der Waals surface area (Å²) in [4.78, 5) is 41.4. The average molecular weight is 424 g/mol. The van der Waals surface area contributed by atoms with Gasteiger partial charge in [0.1, 0.15) is 0 Å². The van der Waals surface area contributed by atoms with Crippen LogP contribution in [0.25, 0.3) is 6.08 Å². The van der Waals surface area contributed by atoms with Gasteiger partial charge >= 0.3 is 0 Å². The lowest BCUT2D eigenvalue weighted by Gasteiger charge is -2.26. The largest absolute Gasteiger partial charge is 0.379 e. The summed E-state index contributed by atoms with van der Waals surface area (Å²) < 4.78 is 5.31. The monoisotopic (exact) mass is 423 g/mol. The Kier molecular flexibility index (Phi) is 8.08. The van der Waals surface area contributed by atoms with E-state index in [9.17, 15) is 14.4 Å². The van der Waals surface area contributed by atoms with Gasteiger partial charge in [0.05, 0.1) is 18.1 Å². The number of carbonyl (C=O) groups excluding carboxylic acids is 3. The predicted molar refractivity (Wildman–Crippen MR) is 111 cm³/mol. The van der Waals surface area contributed by atoms with Gasteiger partial charge in [-0.3, -0.25) is 24.2 Å². The van der Waals surface area contributed by atoms with Crippen LogP contribution in [0.5, 0.6) is 0 Å². The van der Waals surface area contributed by atoms with Gasteiger partial charge in [0.2, 0.25) is 5.91 Å². The van der Waals surface area contributed by atoms with Crippen molar-refractivity contribution >= 4 is 46.2 Å². The Hall–Kier alpha value is -1.68. The lowest BCUT2D eigenvalue weighted by Crippen LogP contribution is -2.38. The van der Waals surface area contributed by atoms with E-state index in [1.54, 1.807) is 6.08 Å². The third kappa shape index (κ3) is 6.16. The van der Waals surface area contributed by atoms with Crippen molar-refractivity contribution in [2.75, 3.05) is 45.9 Å². The van der Waals surface area contributed by atoms with Crippen molar-refractivity contribution in [3.05, 3.63) is 27.3 Å². The molecule has 2 aliphatic heterocycles. The maximum atomic E-state index is 12.4. The first-order valence-corrected chi connectivity index (χ1v) is 11.2. The highest BCUT2D eigenvalue weighted by molar-refractivity contribution is 8.18. The van der Waals surface area contributed by atoms with Crippen molar-refractivity contribution < 1.29 is 19.1 Å². The van der Waals surface area contributed by atoms with Gasteiger partial charge in [-0.25, -0.2) is 0 Å². The first-order valence-electron chi connectivity index (χ1n) is 9.49. The van der Waals surface area contributed by atoms with E-state index in [-0.39, 0.29) is 23.6 Å². The van der Waals surface area contributed by atoms with Crippen LogP contribution in [0.2, 0.25) is 0 Å². The number of amides is 3. The minimum atomic E-state index is -0.269. The highest BCUT2D eigenvalue weighted by atomic mass is 32.2. The maximum Gasteiger partial charge on any atom is 0.293 e. The van der Waals surface area contributed by atoms with Gasteiger partial charge in [-0.15, -0.1) is 11.3 Å². The van der Waals surface area contributed by atoms with E-state index in [1.807, 2.05) is 17.5 Å². The van der Waals surface area contributed by atoms with Crippen LogP contribution in [0, 0.1) is 0 Å². The second-order valence-electron chi connectivity index (χ2n) is 6.61. The minimum Gasteiger partial charge on any atom is -0.379 e. The van der Waals surface area contributed by atoms with Crippen molar-refractivity contribution in [2.24, 2.45) is 0 Å². The second-order valence-corrected chi connectivity index (χ2v) is 8.58. The zero-order valence-electron chi connectivity index (χ0n) is 15.7. The molecule has 1 aromatic rings. The second kappa shape index (κ2) is 10.8. The smallest absolute Gasteiger partial charge is 0.293 e. The Labute approximate surface area is 173 Å². The Morgan fingerprint density at radius 1 is 1.21 bits per heavy atom. The third-order valence-electron chi connectivity index (χ3n) is 4.55. The number of hydrogen-bond donors (Lipinski definition) is 1. The molecule has 3 amide bonds. The van der Waals surface area contributed by atoms with Crippen LogP contribution in [-0.2, 0) is 14.3 Å². The first kappa shape index (κ1) is 21.0. The van der Waals surface area contributed by atoms with Gasteiger partial charge in [-0.2, -0.15) is 0 Å². The summed E-state index contributed by atoms with van der Waals surface area (Å²) in [7, 11) is 0. The summed E-state index contributed by atoms with van der Waals surface area (Å²) in [5.41, 5.74) is 0. The number of hydrogen-bond acceptors (Lipinski definition) is 7. The molecule has 3 heterocycles. The molecule has 7 nitrogen and oxygen atoms in total. The Morgan fingerprint density at radius 2 is 2.04 bits per heavy atom. The van der Waals surface area contributed by atoms with Crippen molar-refractivity contribution in [2.45, 2.75) is 19.3 Å². The molecular weight excluding hydrogens is 398 g/mol. The number of ether oxygens (including phenoxy) is 1. The van der Waals surface area contributed by atoms with Crippen LogP contribution < -0.4 is 5.32 Å². The van der Waals surface area contributed by atoms with Crippen molar-refractivity contribution in [1.29, 1.82) is 0 Å². The van der Waals surface area contributed by atoms with Gasteiger partial charge in [0.25, 0.3) is 11.1 Å². The van der Waals surface area contributed by atoms with Gasteiger partial charge in [0, 0.05) is 37.5 Å². The van der Waals surface area contributed by atoms with Crippen molar-refractivity contribution in [3.8, 4) is 0 Å². The van der Waals surface area contributed by atoms with Gasteiger partial charge in [0.15, 0.2) is 0 Å². The molecule has 2 saturated heterocycles. The molecule has 0 unspecified atom stereocenters. The molecule has 0 atom stereocenters. The fraction of sp³-hybridized carbons (Fsp3) is 0.526. The number of imide groups is 1. The number of carbonyl (C=O) groups is 3. The van der Waals surface area contributed by atoms with E-state index in [0.29, 0.717) is 24.3 Å². The van der Waals surface area contributed by atoms with E-state index in [1.165, 1.54) is 16.2 Å². The standard InChI is InChI=1S/C19H25N3O4S2/c23-17(20-6-3-7-21-9-11-26-12-10-21)5-1-8-22-18(24)16(28-19(22)25)14-15-4-2-13-27-15/h2,4,13-14H,1,3,5-12H2,(H,20,23). The first-order chi connectivity index (χ1) is 13.6. The molecule has 0 bridgehead atoms. The van der Waals surface area contributed by atoms with Gasteiger partial charge < -0.3 is 10.1 Å². The number of nitrogens with one attached hydrogen (secondary N) is 1. The molecule has 152 valence electrons. The van der Waals surface area contributed by atoms with Crippen molar-refractivity contribution in [3.63, 3.8) is 0 Å². The molecule has 1 N–H and O–H groups in total. The number of morpholine rings is 1. The molecule has 1 aromatic heterocycles. The number of rotatable bonds is 9. The highest BCUT2D eigenvalue weighted by Crippen LogP contribution is 2.33. The average Bonchev–Trinajstić information content (AvgIpc) is 3.30. The molecule has 2 fully saturated rings. The predicted octanol–water partition coefficient (Wildman–Crippen LogP) is 2.40. The fourth-order valence-electron chi connectivity index (χ4n) is 3.04. The summed E-state index contributed by atoms with van der Waals surface area (Å²) in [5, 5.41) is 4.57. The Balaban J connectivity index is 1.32. The van der Waals surface area contributed by atoms with Crippen LogP contribution in [0.15, 0.2) is 22.4 Å². The Bertz CT molecular complexity index is 715. The summed E-state index contributed by atoms with van der Waals surface area (Å²) in [6, 6.07) is 3.81. The van der Waals surface area contributed by atoms with Gasteiger partial charge in [-0.1, -0.05) is 6.07 Å². The lowest BCUT2D eigenvalue weighted by molar-refractivity contribution is -0.124. The van der Waals surface area contributed by atoms with E-state index in [0.717, 1.165) is 55.9 Å². The molecule has 28 heavy (non-hydrogen) atoms. The van der Waals surface area contributed by atoms with E-state index >= 15 is 0 Å². The normalized spacial score (nSPS) is 19.6. The van der Waals surface area contributed by atoms with Crippen LogP contribution in [0.4, 0.5) is 4.79 Å². The summed E-state index contributed by atoms with van der Waals surface area (Å²) in [6.45, 7) is 5.33. The lowest BCUT2D eigenvalue weighted by atomic mass is 10.2. The van der Waals surface area contributed by atoms with Crippen LogP contribution in [0.1, 0.15) is 24.1 Å². The molecule has 0 aromatic carbocycles. The van der Waals surface area contributed by atoms with Crippen LogP contribution >= 0.6 is 23.1 Å². The van der Waals surface area contributed by atoms with Crippen LogP contribution in [0.3, 0.4) is 0 Å². The van der Waals surface area contributed by atoms with Crippen LogP contribution in [-0.4, -0.2) is 72.8 Å². The molecular formula is C19H25N3O4S2. The topological polar surface area (TPSA) is 79.0 Å². The molecule has 0 spiro atoms. The molecule has 9 heteroatoms. The molecule has 0 radical (unpaired) electrons. The van der Waals surface area contributed by atoms with E-state index in [2.05, 4.69) is 10.2 Å². The quantitative estimate of drug-likeness (QED) is 0.485. The molecule has 0 aliphatic carbocycles. The zero-order valence-corrected chi connectivity index (χ0v) is 17.4. The minimum absolute atomic E-state index is 0.0388. The molecule has 0 saturated carbocycles. The highest BCUT2D eigenvalue weighted by Gasteiger charge is 2.34. The summed E-state index contributed by atoms with van der Waals surface area (Å²) in [6.07, 6.45) is 3.43. The summed E-state index contributed by atoms with van der Waals surface area (Å²) >= 11 is 2.48. The van der Waals surface area contributed by atoms with Gasteiger partial charge in [-0.05, 0) is 48.7 Å². The fourth-order valence-corrected chi connectivity index (χ4v) is 4.62. The third-order valence-corrected chi connectivity index (χ3v) is 6.28. The number of thioether (sulfide) groups is 1. The van der Waals surface area contributed by atoms with E-state index < -0.39 is 0 Å². The van der Waals surface area contributed by atoms with E-state index in [4.69, 9.17) is 4.74 Å². The van der Waals surface area contributed by atoms with Crippen molar-refractivity contribution in [1.82, 2.24) is 15.1 Å². The summed E-state index contributed by atoms with van der Waals surface area (Å²) in [5.74, 6) is -0.308. The number of nitrogens with zero attached hydrogens (tertiary/aromatic N) is 2. The molecule has 3 rings (SSSR count). The SMILES string of the molecule is O=C(CCCN1C(=O)SC(=Cc2cccs2)C1=O)NCCCN1CCOCC1. The zero-order chi connectivity index (χ0) is 19.8. The Morgan fingerprint density at radius 3 is 2.79 bits per heavy atom. The maximum absolute atomic E-state index is 12.4. The molecule has 2 aliphatic rings.